The first-order valence-corrected chi connectivity index (χ1v) is 7.70. The lowest BCUT2D eigenvalue weighted by molar-refractivity contribution is -0.121. The quantitative estimate of drug-likeness (QED) is 0.679. The monoisotopic (exact) mass is 295 g/mol. The molecule has 0 aromatic carbocycles. The minimum Gasteiger partial charge on any atom is -0.378 e. The molecule has 1 amide bonds. The number of carbonyl (C=O) groups is 1. The van der Waals surface area contributed by atoms with E-state index in [-0.39, 0.29) is 5.91 Å². The second-order valence-electron chi connectivity index (χ2n) is 5.52. The summed E-state index contributed by atoms with van der Waals surface area (Å²) < 4.78 is 7.45. The largest absolute Gasteiger partial charge is 0.378 e. The topological polar surface area (TPSA) is 95.1 Å². The van der Waals surface area contributed by atoms with E-state index in [1.54, 1.807) is 11.0 Å². The number of hydrogen-bond acceptors (Lipinski definition) is 5. The Labute approximate surface area is 125 Å². The molecular weight excluding hydrogens is 270 g/mol. The second kappa shape index (κ2) is 8.74. The van der Waals surface area contributed by atoms with Gasteiger partial charge >= 0.3 is 0 Å². The number of amides is 1. The van der Waals surface area contributed by atoms with Crippen molar-refractivity contribution in [2.75, 3.05) is 13.2 Å². The molecule has 1 aliphatic carbocycles. The number of nitrogens with one attached hydrogen (secondary N) is 1. The third kappa shape index (κ3) is 6.22. The molecule has 118 valence electrons. The van der Waals surface area contributed by atoms with E-state index in [1.165, 1.54) is 6.33 Å². The average molecular weight is 295 g/mol. The van der Waals surface area contributed by atoms with Gasteiger partial charge in [0, 0.05) is 25.6 Å². The Hall–Kier alpha value is -1.47. The van der Waals surface area contributed by atoms with Gasteiger partial charge in [0.15, 0.2) is 0 Å². The number of nitrogens with zero attached hydrogens (tertiary/aromatic N) is 3. The van der Waals surface area contributed by atoms with Crippen LogP contribution in [-0.4, -0.2) is 46.0 Å². The normalized spacial score (nSPS) is 22.1. The van der Waals surface area contributed by atoms with Crippen LogP contribution in [0.1, 0.15) is 38.5 Å². The van der Waals surface area contributed by atoms with Crippen LogP contribution in [0.4, 0.5) is 0 Å². The fourth-order valence-corrected chi connectivity index (χ4v) is 2.46. The summed E-state index contributed by atoms with van der Waals surface area (Å²) in [7, 11) is 0. The first-order chi connectivity index (χ1) is 10.2. The molecule has 1 aliphatic rings. The maximum absolute atomic E-state index is 11.6. The molecule has 1 fully saturated rings. The Morgan fingerprint density at radius 1 is 1.38 bits per heavy atom. The van der Waals surface area contributed by atoms with Crippen LogP contribution >= 0.6 is 0 Å². The number of rotatable bonds is 8. The maximum atomic E-state index is 11.6. The van der Waals surface area contributed by atoms with Gasteiger partial charge in [-0.2, -0.15) is 5.10 Å². The Bertz CT molecular complexity index is 402. The van der Waals surface area contributed by atoms with Crippen molar-refractivity contribution in [1.29, 1.82) is 0 Å². The molecule has 0 unspecified atom stereocenters. The zero-order chi connectivity index (χ0) is 14.9. The van der Waals surface area contributed by atoms with Crippen molar-refractivity contribution in [3.63, 3.8) is 0 Å². The van der Waals surface area contributed by atoms with Crippen molar-refractivity contribution in [2.45, 2.75) is 57.2 Å². The molecule has 3 N–H and O–H groups in total. The number of ether oxygens (including phenoxy) is 1. The predicted molar refractivity (Wildman–Crippen MR) is 78.4 cm³/mol. The third-order valence-electron chi connectivity index (χ3n) is 3.75. The summed E-state index contributed by atoms with van der Waals surface area (Å²) in [5, 5.41) is 6.84. The highest BCUT2D eigenvalue weighted by atomic mass is 16.5. The molecular formula is C14H25N5O2. The van der Waals surface area contributed by atoms with E-state index in [9.17, 15) is 4.79 Å². The maximum Gasteiger partial charge on any atom is 0.221 e. The van der Waals surface area contributed by atoms with Crippen molar-refractivity contribution in [2.24, 2.45) is 5.73 Å². The van der Waals surface area contributed by atoms with Gasteiger partial charge in [0.25, 0.3) is 0 Å². The molecule has 0 aliphatic heterocycles. The predicted octanol–water partition coefficient (Wildman–Crippen LogP) is 0.461. The van der Waals surface area contributed by atoms with E-state index in [1.807, 2.05) is 0 Å². The lowest BCUT2D eigenvalue weighted by atomic mass is 9.94. The molecule has 1 heterocycles. The summed E-state index contributed by atoms with van der Waals surface area (Å²) in [5.74, 6) is 0.0362. The Morgan fingerprint density at radius 3 is 2.90 bits per heavy atom. The lowest BCUT2D eigenvalue weighted by Gasteiger charge is -2.26. The van der Waals surface area contributed by atoms with Crippen LogP contribution in [-0.2, 0) is 16.1 Å². The van der Waals surface area contributed by atoms with E-state index in [0.717, 1.165) is 32.1 Å². The fraction of sp³-hybridized carbons (Fsp3) is 0.786. The summed E-state index contributed by atoms with van der Waals surface area (Å²) in [6, 6.07) is 0.356. The molecule has 0 radical (unpaired) electrons. The Morgan fingerprint density at radius 2 is 2.19 bits per heavy atom. The zero-order valence-electron chi connectivity index (χ0n) is 12.4. The number of aromatic nitrogens is 3. The van der Waals surface area contributed by atoms with Gasteiger partial charge in [-0.25, -0.2) is 4.98 Å². The van der Waals surface area contributed by atoms with Crippen molar-refractivity contribution in [1.82, 2.24) is 20.1 Å². The van der Waals surface area contributed by atoms with Crippen LogP contribution in [0.3, 0.4) is 0 Å². The molecule has 1 saturated carbocycles. The zero-order valence-corrected chi connectivity index (χ0v) is 12.4. The number of hydrogen-bond donors (Lipinski definition) is 2. The SMILES string of the molecule is NC1CCC(OCCCNC(=O)CCn2cncn2)CC1. The van der Waals surface area contributed by atoms with Crippen LogP contribution in [0.2, 0.25) is 0 Å². The van der Waals surface area contributed by atoms with E-state index in [4.69, 9.17) is 10.5 Å². The van der Waals surface area contributed by atoms with Crippen LogP contribution < -0.4 is 11.1 Å². The van der Waals surface area contributed by atoms with Gasteiger partial charge in [0.2, 0.25) is 5.91 Å². The van der Waals surface area contributed by atoms with Gasteiger partial charge in [-0.15, -0.1) is 0 Å². The molecule has 21 heavy (non-hydrogen) atoms. The van der Waals surface area contributed by atoms with Gasteiger partial charge in [0.1, 0.15) is 12.7 Å². The van der Waals surface area contributed by atoms with Gasteiger partial charge in [0.05, 0.1) is 12.6 Å². The Balaban J connectivity index is 1.45. The summed E-state index contributed by atoms with van der Waals surface area (Å²) in [5.41, 5.74) is 5.86. The highest BCUT2D eigenvalue weighted by Crippen LogP contribution is 2.19. The highest BCUT2D eigenvalue weighted by molar-refractivity contribution is 5.75. The molecule has 1 aromatic rings. The molecule has 0 spiro atoms. The first-order valence-electron chi connectivity index (χ1n) is 7.70. The average Bonchev–Trinajstić information content (AvgIpc) is 3.00. The van der Waals surface area contributed by atoms with E-state index in [0.29, 0.717) is 38.3 Å². The molecule has 7 nitrogen and oxygen atoms in total. The van der Waals surface area contributed by atoms with Crippen molar-refractivity contribution in [3.05, 3.63) is 12.7 Å². The molecule has 0 atom stereocenters. The van der Waals surface area contributed by atoms with E-state index < -0.39 is 0 Å². The first kappa shape index (κ1) is 15.9. The summed E-state index contributed by atoms with van der Waals surface area (Å²) in [4.78, 5) is 15.4. The fourth-order valence-electron chi connectivity index (χ4n) is 2.46. The number of carbonyl (C=O) groups excluding carboxylic acids is 1. The van der Waals surface area contributed by atoms with Crippen LogP contribution in [0.15, 0.2) is 12.7 Å². The van der Waals surface area contributed by atoms with Crippen LogP contribution in [0, 0.1) is 0 Å². The van der Waals surface area contributed by atoms with Crippen molar-refractivity contribution in [3.8, 4) is 0 Å². The second-order valence-corrected chi connectivity index (χ2v) is 5.52. The molecule has 2 rings (SSSR count). The summed E-state index contributed by atoms with van der Waals surface area (Å²) in [6.07, 6.45) is 8.93. The number of nitrogens with two attached hydrogens (primary N) is 1. The van der Waals surface area contributed by atoms with Crippen molar-refractivity contribution < 1.29 is 9.53 Å². The van der Waals surface area contributed by atoms with Gasteiger partial charge < -0.3 is 15.8 Å². The standard InChI is InChI=1S/C14H25N5O2/c15-12-2-4-13(5-3-12)21-9-1-7-17-14(20)6-8-19-11-16-10-18-19/h10-13H,1-9,15H2,(H,17,20). The van der Waals surface area contributed by atoms with E-state index >= 15 is 0 Å². The summed E-state index contributed by atoms with van der Waals surface area (Å²) in [6.45, 7) is 1.91. The van der Waals surface area contributed by atoms with Gasteiger partial charge in [-0.05, 0) is 32.1 Å². The minimum absolute atomic E-state index is 0.0362. The third-order valence-corrected chi connectivity index (χ3v) is 3.75. The smallest absolute Gasteiger partial charge is 0.221 e. The minimum atomic E-state index is 0.0362. The molecule has 1 aromatic heterocycles. The molecule has 0 saturated heterocycles. The highest BCUT2D eigenvalue weighted by Gasteiger charge is 2.18. The van der Waals surface area contributed by atoms with E-state index in [2.05, 4.69) is 15.4 Å². The lowest BCUT2D eigenvalue weighted by Crippen LogP contribution is -2.31. The molecule has 0 bridgehead atoms. The molecule has 7 heteroatoms. The van der Waals surface area contributed by atoms with Gasteiger partial charge in [-0.1, -0.05) is 0 Å². The summed E-state index contributed by atoms with van der Waals surface area (Å²) >= 11 is 0. The van der Waals surface area contributed by atoms with Gasteiger partial charge in [-0.3, -0.25) is 9.48 Å². The number of aryl methyl sites for hydroxylation is 1. The van der Waals surface area contributed by atoms with Crippen LogP contribution in [0.25, 0.3) is 0 Å². The van der Waals surface area contributed by atoms with Crippen LogP contribution in [0.5, 0.6) is 0 Å². The Kier molecular flexibility index (Phi) is 6.62. The van der Waals surface area contributed by atoms with Crippen molar-refractivity contribution >= 4 is 5.91 Å².